The van der Waals surface area contributed by atoms with Gasteiger partial charge in [-0.3, -0.25) is 19.3 Å². The summed E-state index contributed by atoms with van der Waals surface area (Å²) in [6, 6.07) is 7.50. The summed E-state index contributed by atoms with van der Waals surface area (Å²) >= 11 is 0. The molecule has 9 nitrogen and oxygen atoms in total. The molecule has 5 rings (SSSR count). The molecule has 2 aromatic rings. The van der Waals surface area contributed by atoms with E-state index in [-0.39, 0.29) is 42.9 Å². The molecule has 3 aliphatic rings. The molecule has 2 N–H and O–H groups in total. The maximum absolute atomic E-state index is 13.0. The summed E-state index contributed by atoms with van der Waals surface area (Å²) in [6.45, 7) is 3.40. The van der Waals surface area contributed by atoms with E-state index in [1.54, 1.807) is 0 Å². The summed E-state index contributed by atoms with van der Waals surface area (Å²) in [5.41, 5.74) is 1.84. The lowest BCUT2D eigenvalue weighted by Crippen LogP contribution is -2.42. The Morgan fingerprint density at radius 1 is 1.14 bits per heavy atom. The lowest BCUT2D eigenvalue weighted by molar-refractivity contribution is -0.122. The summed E-state index contributed by atoms with van der Waals surface area (Å²) in [5, 5.41) is 2.85. The molecule has 1 aliphatic carbocycles. The van der Waals surface area contributed by atoms with Crippen molar-refractivity contribution >= 4 is 11.7 Å². The first-order valence-electron chi connectivity index (χ1n) is 13.0. The molecule has 192 valence electrons. The molecule has 2 fully saturated rings. The number of amides is 1. The van der Waals surface area contributed by atoms with Crippen LogP contribution >= 0.6 is 0 Å². The Morgan fingerprint density at radius 2 is 1.92 bits per heavy atom. The number of likely N-dealkylation sites (tertiary alicyclic amines) is 1. The molecule has 0 atom stereocenters. The van der Waals surface area contributed by atoms with E-state index in [9.17, 15) is 14.4 Å². The van der Waals surface area contributed by atoms with Crippen molar-refractivity contribution in [2.24, 2.45) is 11.8 Å². The fourth-order valence-corrected chi connectivity index (χ4v) is 4.87. The van der Waals surface area contributed by atoms with Gasteiger partial charge in [-0.05, 0) is 62.5 Å². The van der Waals surface area contributed by atoms with Crippen LogP contribution < -0.4 is 15.6 Å². The average Bonchev–Trinajstić information content (AvgIpc) is 3.73. The molecule has 1 amide bonds. The van der Waals surface area contributed by atoms with Crippen molar-refractivity contribution in [3.05, 3.63) is 57.3 Å². The van der Waals surface area contributed by atoms with Crippen molar-refractivity contribution in [2.75, 3.05) is 32.8 Å². The second-order valence-electron chi connectivity index (χ2n) is 10.0. The molecule has 2 aliphatic heterocycles. The largest absolute Gasteiger partial charge is 0.494 e. The maximum Gasteiger partial charge on any atom is 0.256 e. The van der Waals surface area contributed by atoms with E-state index in [0.29, 0.717) is 37.5 Å². The zero-order valence-electron chi connectivity index (χ0n) is 20.6. The number of benzene rings is 1. The third kappa shape index (κ3) is 6.39. The van der Waals surface area contributed by atoms with Gasteiger partial charge in [0.1, 0.15) is 11.6 Å². The number of nitrogens with one attached hydrogen (secondary N) is 2. The van der Waals surface area contributed by atoms with E-state index in [1.165, 1.54) is 12.8 Å². The van der Waals surface area contributed by atoms with Crippen LogP contribution in [0.15, 0.2) is 29.1 Å². The maximum atomic E-state index is 13.0. The van der Waals surface area contributed by atoms with Gasteiger partial charge in [0.2, 0.25) is 5.91 Å². The quantitative estimate of drug-likeness (QED) is 0.487. The van der Waals surface area contributed by atoms with Gasteiger partial charge in [0.25, 0.3) is 5.56 Å². The first kappa shape index (κ1) is 24.6. The molecular weight excluding hydrogens is 460 g/mol. The van der Waals surface area contributed by atoms with Crippen molar-refractivity contribution in [1.82, 2.24) is 20.2 Å². The van der Waals surface area contributed by atoms with Crippen molar-refractivity contribution in [1.29, 1.82) is 0 Å². The number of piperidine rings is 1. The Labute approximate surface area is 210 Å². The fraction of sp³-hybridized carbons (Fsp3) is 0.556. The Kier molecular flexibility index (Phi) is 7.77. The summed E-state index contributed by atoms with van der Waals surface area (Å²) in [4.78, 5) is 46.9. The number of H-pyrrole nitrogens is 1. The lowest BCUT2D eigenvalue weighted by Gasteiger charge is -2.30. The zero-order chi connectivity index (χ0) is 24.9. The number of Topliss-reactive ketones (excluding diaryl/α,β-unsaturated/α-hetero) is 1. The van der Waals surface area contributed by atoms with Gasteiger partial charge in [-0.2, -0.15) is 0 Å². The molecule has 0 bridgehead atoms. The van der Waals surface area contributed by atoms with Crippen LogP contribution in [0.3, 0.4) is 0 Å². The number of nitrogens with zero attached hydrogens (tertiary/aromatic N) is 2. The third-order valence-corrected chi connectivity index (χ3v) is 7.29. The van der Waals surface area contributed by atoms with Crippen LogP contribution in [0.4, 0.5) is 0 Å². The third-order valence-electron chi connectivity index (χ3n) is 7.29. The van der Waals surface area contributed by atoms with Gasteiger partial charge in [-0.25, -0.2) is 4.98 Å². The number of ether oxygens (including phenoxy) is 2. The predicted molar refractivity (Wildman–Crippen MR) is 133 cm³/mol. The molecule has 1 saturated carbocycles. The van der Waals surface area contributed by atoms with Crippen LogP contribution in [0.5, 0.6) is 5.75 Å². The van der Waals surface area contributed by atoms with Gasteiger partial charge in [0.15, 0.2) is 5.78 Å². The van der Waals surface area contributed by atoms with Crippen molar-refractivity contribution < 1.29 is 19.1 Å². The van der Waals surface area contributed by atoms with Gasteiger partial charge in [-0.1, -0.05) is 12.8 Å². The van der Waals surface area contributed by atoms with E-state index >= 15 is 0 Å². The van der Waals surface area contributed by atoms with Gasteiger partial charge in [0.05, 0.1) is 44.2 Å². The number of carbonyl (C=O) groups is 2. The highest BCUT2D eigenvalue weighted by atomic mass is 16.5. The molecule has 1 saturated heterocycles. The van der Waals surface area contributed by atoms with Crippen molar-refractivity contribution in [3.8, 4) is 5.75 Å². The molecule has 1 aromatic heterocycles. The van der Waals surface area contributed by atoms with Crippen LogP contribution in [-0.2, 0) is 29.1 Å². The van der Waals surface area contributed by atoms with Gasteiger partial charge >= 0.3 is 0 Å². The summed E-state index contributed by atoms with van der Waals surface area (Å²) < 4.78 is 11.1. The lowest BCUT2D eigenvalue weighted by atomic mass is 9.89. The van der Waals surface area contributed by atoms with Gasteiger partial charge in [0, 0.05) is 17.9 Å². The second kappa shape index (κ2) is 11.3. The zero-order valence-corrected chi connectivity index (χ0v) is 20.6. The topological polar surface area (TPSA) is 114 Å². The van der Waals surface area contributed by atoms with Crippen LogP contribution in [0.25, 0.3) is 0 Å². The van der Waals surface area contributed by atoms with Crippen LogP contribution in [0.2, 0.25) is 0 Å². The molecule has 9 heteroatoms. The SMILES string of the molecule is O=C(CN1CCC(C(=O)c2ccc(OCCC3CC3)cc2)CC1)NCc1nc2c(c(=O)[nH]1)COCC2. The number of aromatic amines is 1. The molecular formula is C27H34N4O5. The minimum absolute atomic E-state index is 0.0281. The van der Waals surface area contributed by atoms with E-state index in [2.05, 4.69) is 20.2 Å². The summed E-state index contributed by atoms with van der Waals surface area (Å²) in [6.07, 6.45) is 5.82. The first-order chi connectivity index (χ1) is 17.5. The van der Waals surface area contributed by atoms with E-state index in [4.69, 9.17) is 9.47 Å². The second-order valence-corrected chi connectivity index (χ2v) is 10.0. The number of hydrogen-bond acceptors (Lipinski definition) is 7. The monoisotopic (exact) mass is 494 g/mol. The Bertz CT molecular complexity index is 1130. The molecule has 3 heterocycles. The standard InChI is InChI=1S/C27H34N4O5/c32-25(28-15-24-29-23-10-13-35-17-22(23)27(34)30-24)16-31-11-7-20(8-12-31)26(33)19-3-5-21(6-4-19)36-14-9-18-1-2-18/h3-6,18,20H,1-2,7-17H2,(H,28,32)(H,29,30,34). The molecule has 0 spiro atoms. The minimum atomic E-state index is -0.202. The smallest absolute Gasteiger partial charge is 0.256 e. The Hall–Kier alpha value is -3.04. The van der Waals surface area contributed by atoms with Crippen LogP contribution in [-0.4, -0.2) is 59.4 Å². The number of ketones is 1. The highest BCUT2D eigenvalue weighted by molar-refractivity contribution is 5.98. The molecule has 0 unspecified atom stereocenters. The van der Waals surface area contributed by atoms with E-state index in [1.807, 2.05) is 24.3 Å². The number of hydrogen-bond donors (Lipinski definition) is 2. The number of fused-ring (bicyclic) bond motifs is 1. The number of aromatic nitrogens is 2. The Morgan fingerprint density at radius 3 is 2.67 bits per heavy atom. The van der Waals surface area contributed by atoms with Crippen LogP contribution in [0.1, 0.15) is 59.5 Å². The van der Waals surface area contributed by atoms with Crippen molar-refractivity contribution in [2.45, 2.75) is 51.7 Å². The number of carbonyl (C=O) groups excluding carboxylic acids is 2. The molecule has 0 radical (unpaired) electrons. The predicted octanol–water partition coefficient (Wildman–Crippen LogP) is 2.23. The average molecular weight is 495 g/mol. The molecule has 1 aromatic carbocycles. The van der Waals surface area contributed by atoms with E-state index < -0.39 is 0 Å². The van der Waals surface area contributed by atoms with Crippen molar-refractivity contribution in [3.63, 3.8) is 0 Å². The van der Waals surface area contributed by atoms with E-state index in [0.717, 1.165) is 48.8 Å². The highest BCUT2D eigenvalue weighted by Crippen LogP contribution is 2.32. The molecule has 36 heavy (non-hydrogen) atoms. The Balaban J connectivity index is 1.04. The minimum Gasteiger partial charge on any atom is -0.494 e. The van der Waals surface area contributed by atoms with Crippen LogP contribution in [0, 0.1) is 11.8 Å². The van der Waals surface area contributed by atoms with Gasteiger partial charge in [-0.15, -0.1) is 0 Å². The normalized spacial score (nSPS) is 18.4. The fourth-order valence-electron chi connectivity index (χ4n) is 4.87. The highest BCUT2D eigenvalue weighted by Gasteiger charge is 2.27. The first-order valence-corrected chi connectivity index (χ1v) is 13.0. The summed E-state index contributed by atoms with van der Waals surface area (Å²) in [7, 11) is 0. The van der Waals surface area contributed by atoms with Gasteiger partial charge < -0.3 is 19.8 Å². The number of rotatable bonds is 10. The summed E-state index contributed by atoms with van der Waals surface area (Å²) in [5.74, 6) is 2.13.